The largest absolute Gasteiger partial charge is 0.206 e. The topological polar surface area (TPSA) is 24.7 Å². The summed E-state index contributed by atoms with van der Waals surface area (Å²) >= 11 is 0. The van der Waals surface area contributed by atoms with Crippen LogP contribution in [-0.2, 0) is 0 Å². The lowest BCUT2D eigenvalue weighted by Gasteiger charge is -1.99. The number of hydrogen-bond donors (Lipinski definition) is 0. The Morgan fingerprint density at radius 2 is 1.08 bits per heavy atom. The Bertz CT molecular complexity index is 540. The van der Waals surface area contributed by atoms with Crippen LogP contribution in [0.4, 0.5) is 11.4 Å². The first-order valence-electron chi connectivity index (χ1n) is 9.46. The van der Waals surface area contributed by atoms with Crippen molar-refractivity contribution < 1.29 is 0 Å². The Kier molecular flexibility index (Phi) is 10.5. The van der Waals surface area contributed by atoms with Crippen LogP contribution in [0, 0.1) is 0 Å². The van der Waals surface area contributed by atoms with Crippen molar-refractivity contribution in [3.8, 4) is 0 Å². The minimum absolute atomic E-state index is 0.932. The van der Waals surface area contributed by atoms with E-state index in [2.05, 4.69) is 49.4 Å². The highest BCUT2D eigenvalue weighted by Crippen LogP contribution is 2.18. The molecule has 0 aromatic heterocycles. The molecule has 2 nitrogen and oxygen atoms in total. The van der Waals surface area contributed by atoms with Crippen molar-refractivity contribution in [2.24, 2.45) is 9.98 Å². The van der Waals surface area contributed by atoms with Crippen molar-refractivity contribution in [3.63, 3.8) is 0 Å². The first-order valence-corrected chi connectivity index (χ1v) is 9.46. The second kappa shape index (κ2) is 12.5. The Morgan fingerprint density at radius 3 is 1.38 bits per heavy atom. The van der Waals surface area contributed by atoms with Gasteiger partial charge in [-0.05, 0) is 85.7 Å². The highest BCUT2D eigenvalue weighted by atomic mass is 14.7. The molecule has 0 amide bonds. The van der Waals surface area contributed by atoms with E-state index in [1.807, 2.05) is 24.3 Å². The summed E-state index contributed by atoms with van der Waals surface area (Å²) in [5, 5.41) is 0. The summed E-state index contributed by atoms with van der Waals surface area (Å²) in [5.74, 6) is 6.43. The predicted octanol–water partition coefficient (Wildman–Crippen LogP) is 7.34. The summed E-state index contributed by atoms with van der Waals surface area (Å²) in [6.45, 7) is 8.76. The monoisotopic (exact) mass is 324 g/mol. The molecule has 0 heterocycles. The number of rotatable bonds is 10. The fourth-order valence-electron chi connectivity index (χ4n) is 2.29. The van der Waals surface area contributed by atoms with Crippen molar-refractivity contribution in [1.29, 1.82) is 0 Å². The zero-order valence-corrected chi connectivity index (χ0v) is 15.9. The van der Waals surface area contributed by atoms with Crippen molar-refractivity contribution in [1.82, 2.24) is 0 Å². The van der Waals surface area contributed by atoms with Gasteiger partial charge in [0.15, 0.2) is 0 Å². The van der Waals surface area contributed by atoms with Crippen LogP contribution in [0.5, 0.6) is 0 Å². The molecular weight excluding hydrogens is 292 g/mol. The van der Waals surface area contributed by atoms with E-state index in [1.54, 1.807) is 0 Å². The molecular formula is C22H32N2. The number of hydrogen-bond acceptors (Lipinski definition) is 2. The van der Waals surface area contributed by atoms with E-state index in [-0.39, 0.29) is 0 Å². The third kappa shape index (κ3) is 8.11. The normalized spacial score (nSPS) is 9.83. The molecule has 0 spiro atoms. The van der Waals surface area contributed by atoms with Crippen LogP contribution in [0.1, 0.15) is 79.1 Å². The average molecular weight is 325 g/mol. The second-order valence-corrected chi connectivity index (χ2v) is 6.08. The second-order valence-electron chi connectivity index (χ2n) is 6.08. The Morgan fingerprint density at radius 1 is 0.708 bits per heavy atom. The zero-order valence-electron chi connectivity index (χ0n) is 15.9. The number of aliphatic imine (C=N–C) groups is 2. The van der Waals surface area contributed by atoms with Crippen LogP contribution in [0.2, 0.25) is 0 Å². The molecule has 130 valence electrons. The van der Waals surface area contributed by atoms with Gasteiger partial charge in [0.1, 0.15) is 0 Å². The van der Waals surface area contributed by atoms with Crippen molar-refractivity contribution in [3.05, 3.63) is 35.4 Å². The molecule has 1 aromatic carbocycles. The van der Waals surface area contributed by atoms with Gasteiger partial charge in [0.05, 0.1) is 11.4 Å². The van der Waals surface area contributed by atoms with E-state index in [4.69, 9.17) is 0 Å². The van der Waals surface area contributed by atoms with Crippen LogP contribution in [0.15, 0.2) is 45.4 Å². The van der Waals surface area contributed by atoms with Crippen molar-refractivity contribution >= 4 is 23.1 Å². The van der Waals surface area contributed by atoms with Crippen LogP contribution in [0.25, 0.3) is 0 Å². The van der Waals surface area contributed by atoms with Crippen LogP contribution in [0.3, 0.4) is 0 Å². The predicted molar refractivity (Wildman–Crippen MR) is 107 cm³/mol. The summed E-state index contributed by atoms with van der Waals surface area (Å²) in [6, 6.07) is 7.99. The molecule has 0 aliphatic carbocycles. The van der Waals surface area contributed by atoms with Gasteiger partial charge in [-0.3, -0.25) is 0 Å². The van der Waals surface area contributed by atoms with E-state index >= 15 is 0 Å². The lowest BCUT2D eigenvalue weighted by molar-refractivity contribution is 0.773. The fraction of sp³-hybridized carbons (Fsp3) is 0.545. The third-order valence-corrected chi connectivity index (χ3v) is 4.05. The van der Waals surface area contributed by atoms with Crippen molar-refractivity contribution in [2.45, 2.75) is 79.1 Å². The highest BCUT2D eigenvalue weighted by molar-refractivity contribution is 5.66. The minimum Gasteiger partial charge on any atom is -0.206 e. The van der Waals surface area contributed by atoms with Gasteiger partial charge in [0.2, 0.25) is 0 Å². The molecule has 0 radical (unpaired) electrons. The molecule has 0 fully saturated rings. The minimum atomic E-state index is 0.932. The molecule has 0 aliphatic rings. The van der Waals surface area contributed by atoms with Gasteiger partial charge in [-0.15, -0.1) is 0 Å². The maximum atomic E-state index is 4.47. The van der Waals surface area contributed by atoms with Gasteiger partial charge in [-0.25, -0.2) is 9.98 Å². The molecule has 1 rings (SSSR count). The SMILES string of the molecule is CCCCC(=C=Nc1ccc(N=C=C(CC)CCCC)cc1)CC. The molecule has 0 aliphatic heterocycles. The third-order valence-electron chi connectivity index (χ3n) is 4.05. The van der Waals surface area contributed by atoms with Crippen LogP contribution in [-0.4, -0.2) is 11.7 Å². The molecule has 0 saturated carbocycles. The maximum Gasteiger partial charge on any atom is 0.0731 e. The first-order chi connectivity index (χ1) is 11.7. The average Bonchev–Trinajstić information content (AvgIpc) is 2.63. The summed E-state index contributed by atoms with van der Waals surface area (Å²) < 4.78 is 0. The molecule has 2 heteroatoms. The molecule has 24 heavy (non-hydrogen) atoms. The highest BCUT2D eigenvalue weighted by Gasteiger charge is 1.95. The van der Waals surface area contributed by atoms with E-state index < -0.39 is 0 Å². The number of allylic oxidation sites excluding steroid dienone is 2. The quantitative estimate of drug-likeness (QED) is 0.402. The fourth-order valence-corrected chi connectivity index (χ4v) is 2.29. The smallest absolute Gasteiger partial charge is 0.0731 e. The van der Waals surface area contributed by atoms with Gasteiger partial charge in [-0.2, -0.15) is 0 Å². The summed E-state index contributed by atoms with van der Waals surface area (Å²) in [4.78, 5) is 8.94. The van der Waals surface area contributed by atoms with E-state index in [0.717, 1.165) is 37.1 Å². The molecule has 0 unspecified atom stereocenters. The van der Waals surface area contributed by atoms with Gasteiger partial charge >= 0.3 is 0 Å². The van der Waals surface area contributed by atoms with Crippen LogP contribution < -0.4 is 0 Å². The molecule has 0 atom stereocenters. The number of nitrogens with zero attached hydrogens (tertiary/aromatic N) is 2. The summed E-state index contributed by atoms with van der Waals surface area (Å²) in [5.41, 5.74) is 4.46. The Labute approximate surface area is 148 Å². The zero-order chi connectivity index (χ0) is 17.6. The summed E-state index contributed by atoms with van der Waals surface area (Å²) in [6.07, 6.45) is 9.09. The number of benzene rings is 1. The van der Waals surface area contributed by atoms with Gasteiger partial charge < -0.3 is 0 Å². The lowest BCUT2D eigenvalue weighted by atomic mass is 10.1. The van der Waals surface area contributed by atoms with Crippen molar-refractivity contribution in [2.75, 3.05) is 0 Å². The lowest BCUT2D eigenvalue weighted by Crippen LogP contribution is -1.82. The van der Waals surface area contributed by atoms with E-state index in [9.17, 15) is 0 Å². The summed E-state index contributed by atoms with van der Waals surface area (Å²) in [7, 11) is 0. The van der Waals surface area contributed by atoms with E-state index in [0.29, 0.717) is 0 Å². The molecule has 1 aromatic rings. The van der Waals surface area contributed by atoms with Gasteiger partial charge in [0, 0.05) is 0 Å². The molecule has 0 N–H and O–H groups in total. The van der Waals surface area contributed by atoms with Gasteiger partial charge in [0.25, 0.3) is 0 Å². The Hall–Kier alpha value is -1.88. The van der Waals surface area contributed by atoms with Crippen LogP contribution >= 0.6 is 0 Å². The maximum absolute atomic E-state index is 4.47. The van der Waals surface area contributed by atoms with E-state index in [1.165, 1.54) is 36.8 Å². The standard InChI is InChI=1S/C22H32N2/c1-5-9-11-19(7-3)17-23-21-13-15-22(16-14-21)24-18-20(8-4)12-10-6-2/h13-16H,5-12H2,1-4H3. The Balaban J connectivity index is 2.81. The first kappa shape index (κ1) is 20.2. The molecule has 0 bridgehead atoms. The number of unbranched alkanes of at least 4 members (excludes halogenated alkanes) is 2. The van der Waals surface area contributed by atoms with Gasteiger partial charge in [-0.1, -0.05) is 40.5 Å². The molecule has 0 saturated heterocycles.